The molecule has 0 fully saturated rings. The lowest BCUT2D eigenvalue weighted by molar-refractivity contribution is -0.113. The highest BCUT2D eigenvalue weighted by Crippen LogP contribution is 2.34. The Morgan fingerprint density at radius 2 is 2.15 bits per heavy atom. The van der Waals surface area contributed by atoms with Gasteiger partial charge in [-0.2, -0.15) is 0 Å². The predicted octanol–water partition coefficient (Wildman–Crippen LogP) is 2.90. The standard InChI is InChI=1S/C21H22N6O4S2/c1-4-9-27-18(13-7-6-8-23-10-13)25-26-21(27)32-11-14(28)24-19-15(20(30)31-5-2)12(3)16(33-19)17(22)29/h4,6-8,10H,1,5,9,11H2,2-3H3,(H2,22,29)(H,24,28). The molecular formula is C21H22N6O4S2. The number of carbonyl (C=O) groups excluding carboxylic acids is 3. The third-order valence-electron chi connectivity index (χ3n) is 4.38. The summed E-state index contributed by atoms with van der Waals surface area (Å²) in [5.41, 5.74) is 6.69. The summed E-state index contributed by atoms with van der Waals surface area (Å²) in [5.74, 6) is -1.10. The predicted molar refractivity (Wildman–Crippen MR) is 126 cm³/mol. The van der Waals surface area contributed by atoms with E-state index in [0.717, 1.165) is 16.9 Å². The van der Waals surface area contributed by atoms with Crippen LogP contribution in [0.15, 0.2) is 42.3 Å². The Bertz CT molecular complexity index is 1190. The zero-order valence-corrected chi connectivity index (χ0v) is 19.7. The zero-order valence-electron chi connectivity index (χ0n) is 18.0. The molecule has 172 valence electrons. The first-order valence-corrected chi connectivity index (χ1v) is 11.6. The first-order chi connectivity index (χ1) is 15.9. The molecule has 10 nitrogen and oxygen atoms in total. The van der Waals surface area contributed by atoms with Gasteiger partial charge in [0.25, 0.3) is 5.91 Å². The molecule has 0 radical (unpaired) electrons. The van der Waals surface area contributed by atoms with Crippen LogP contribution in [-0.4, -0.2) is 49.9 Å². The van der Waals surface area contributed by atoms with Crippen molar-refractivity contribution in [2.45, 2.75) is 25.5 Å². The minimum absolute atomic E-state index is 0.00651. The summed E-state index contributed by atoms with van der Waals surface area (Å²) in [6, 6.07) is 3.66. The minimum Gasteiger partial charge on any atom is -0.462 e. The fourth-order valence-corrected chi connectivity index (χ4v) is 4.79. The number of anilines is 1. The molecule has 0 aliphatic carbocycles. The molecule has 3 N–H and O–H groups in total. The number of thioether (sulfide) groups is 1. The Kier molecular flexibility index (Phi) is 7.96. The Morgan fingerprint density at radius 1 is 1.36 bits per heavy atom. The molecule has 0 spiro atoms. The quantitative estimate of drug-likeness (QED) is 0.253. The number of carbonyl (C=O) groups is 3. The maximum absolute atomic E-state index is 12.7. The van der Waals surface area contributed by atoms with Crippen molar-refractivity contribution in [3.63, 3.8) is 0 Å². The smallest absolute Gasteiger partial charge is 0.341 e. The van der Waals surface area contributed by atoms with Crippen LogP contribution in [0, 0.1) is 6.92 Å². The molecule has 33 heavy (non-hydrogen) atoms. The van der Waals surface area contributed by atoms with Gasteiger partial charge in [0.15, 0.2) is 11.0 Å². The van der Waals surface area contributed by atoms with Crippen molar-refractivity contribution < 1.29 is 19.1 Å². The number of aromatic nitrogens is 4. The van der Waals surface area contributed by atoms with Gasteiger partial charge in [-0.05, 0) is 31.5 Å². The Hall–Kier alpha value is -3.51. The van der Waals surface area contributed by atoms with Gasteiger partial charge in [-0.1, -0.05) is 17.8 Å². The molecule has 0 aromatic carbocycles. The van der Waals surface area contributed by atoms with Gasteiger partial charge in [-0.15, -0.1) is 28.1 Å². The second-order valence-electron chi connectivity index (χ2n) is 6.63. The third kappa shape index (κ3) is 5.46. The van der Waals surface area contributed by atoms with Crippen LogP contribution in [0.4, 0.5) is 5.00 Å². The first kappa shape index (κ1) is 24.1. The summed E-state index contributed by atoms with van der Waals surface area (Å²) in [6.07, 6.45) is 5.05. The van der Waals surface area contributed by atoms with Gasteiger partial charge in [0.05, 0.1) is 22.8 Å². The average molecular weight is 487 g/mol. The molecular weight excluding hydrogens is 464 g/mol. The number of hydrogen-bond donors (Lipinski definition) is 2. The van der Waals surface area contributed by atoms with Crippen LogP contribution in [0.3, 0.4) is 0 Å². The van der Waals surface area contributed by atoms with Crippen LogP contribution in [0.25, 0.3) is 11.4 Å². The van der Waals surface area contributed by atoms with Crippen molar-refractivity contribution in [1.29, 1.82) is 0 Å². The molecule has 3 rings (SSSR count). The minimum atomic E-state index is -0.682. The maximum Gasteiger partial charge on any atom is 0.341 e. The van der Waals surface area contributed by atoms with Crippen molar-refractivity contribution in [2.75, 3.05) is 17.7 Å². The summed E-state index contributed by atoms with van der Waals surface area (Å²) < 4.78 is 6.89. The van der Waals surface area contributed by atoms with Crippen LogP contribution in [0.1, 0.15) is 32.5 Å². The van der Waals surface area contributed by atoms with Crippen LogP contribution in [0.5, 0.6) is 0 Å². The number of pyridine rings is 1. The van der Waals surface area contributed by atoms with E-state index in [2.05, 4.69) is 27.1 Å². The van der Waals surface area contributed by atoms with E-state index in [1.54, 1.807) is 38.4 Å². The van der Waals surface area contributed by atoms with Gasteiger partial charge < -0.3 is 15.8 Å². The van der Waals surface area contributed by atoms with Crippen LogP contribution < -0.4 is 11.1 Å². The van der Waals surface area contributed by atoms with Crippen molar-refractivity contribution in [3.8, 4) is 11.4 Å². The van der Waals surface area contributed by atoms with E-state index in [1.807, 2.05) is 10.6 Å². The Morgan fingerprint density at radius 3 is 2.79 bits per heavy atom. The molecule has 0 saturated carbocycles. The van der Waals surface area contributed by atoms with Gasteiger partial charge in [0, 0.05) is 24.5 Å². The number of thiophene rings is 1. The SMILES string of the molecule is C=CCn1c(SCC(=O)Nc2sc(C(N)=O)c(C)c2C(=O)OCC)nnc1-c1cccnc1. The Labute approximate surface area is 198 Å². The van der Waals surface area contributed by atoms with E-state index < -0.39 is 11.9 Å². The van der Waals surface area contributed by atoms with E-state index in [9.17, 15) is 14.4 Å². The lowest BCUT2D eigenvalue weighted by Gasteiger charge is -2.08. The van der Waals surface area contributed by atoms with E-state index in [1.165, 1.54) is 11.8 Å². The summed E-state index contributed by atoms with van der Waals surface area (Å²) >= 11 is 2.12. The van der Waals surface area contributed by atoms with Crippen molar-refractivity contribution in [2.24, 2.45) is 5.73 Å². The molecule has 0 aliphatic rings. The van der Waals surface area contributed by atoms with E-state index in [4.69, 9.17) is 10.5 Å². The van der Waals surface area contributed by atoms with Crippen molar-refractivity contribution in [3.05, 3.63) is 53.2 Å². The number of nitrogens with one attached hydrogen (secondary N) is 1. The molecule has 0 aliphatic heterocycles. The van der Waals surface area contributed by atoms with Crippen molar-refractivity contribution >= 4 is 45.9 Å². The summed E-state index contributed by atoms with van der Waals surface area (Å²) in [7, 11) is 0. The second-order valence-corrected chi connectivity index (χ2v) is 8.59. The molecule has 0 unspecified atom stereocenters. The van der Waals surface area contributed by atoms with Crippen molar-refractivity contribution in [1.82, 2.24) is 19.7 Å². The number of primary amides is 1. The molecule has 3 heterocycles. The summed E-state index contributed by atoms with van der Waals surface area (Å²) in [5, 5.41) is 11.8. The van der Waals surface area contributed by atoms with E-state index >= 15 is 0 Å². The second kappa shape index (κ2) is 10.9. The number of hydrogen-bond acceptors (Lipinski definition) is 9. The van der Waals surface area contributed by atoms with Crippen LogP contribution in [0.2, 0.25) is 0 Å². The molecule has 0 saturated heterocycles. The molecule has 0 bridgehead atoms. The lowest BCUT2D eigenvalue weighted by atomic mass is 10.1. The highest BCUT2D eigenvalue weighted by molar-refractivity contribution is 7.99. The monoisotopic (exact) mass is 486 g/mol. The molecule has 12 heteroatoms. The van der Waals surface area contributed by atoms with E-state index in [-0.39, 0.29) is 33.7 Å². The molecule has 3 aromatic heterocycles. The van der Waals surface area contributed by atoms with E-state index in [0.29, 0.717) is 23.1 Å². The van der Waals surface area contributed by atoms with Crippen LogP contribution >= 0.6 is 23.1 Å². The number of nitrogens with zero attached hydrogens (tertiary/aromatic N) is 4. The highest BCUT2D eigenvalue weighted by atomic mass is 32.2. The number of esters is 1. The number of allylic oxidation sites excluding steroid dienone is 1. The topological polar surface area (TPSA) is 142 Å². The third-order valence-corrected chi connectivity index (χ3v) is 6.57. The maximum atomic E-state index is 12.7. The summed E-state index contributed by atoms with van der Waals surface area (Å²) in [6.45, 7) is 7.62. The lowest BCUT2D eigenvalue weighted by Crippen LogP contribution is -2.17. The summed E-state index contributed by atoms with van der Waals surface area (Å²) in [4.78, 5) is 41.1. The van der Waals surface area contributed by atoms with Gasteiger partial charge in [-0.25, -0.2) is 4.79 Å². The molecule has 2 amide bonds. The number of ether oxygens (including phenoxy) is 1. The van der Waals surface area contributed by atoms with Gasteiger partial charge in [-0.3, -0.25) is 19.1 Å². The zero-order chi connectivity index (χ0) is 24.0. The van der Waals surface area contributed by atoms with Gasteiger partial charge in [0.2, 0.25) is 5.91 Å². The van der Waals surface area contributed by atoms with Gasteiger partial charge in [0.1, 0.15) is 5.00 Å². The number of rotatable bonds is 10. The fourth-order valence-electron chi connectivity index (χ4n) is 2.98. The first-order valence-electron chi connectivity index (χ1n) is 9.84. The average Bonchev–Trinajstić information content (AvgIpc) is 3.34. The fraction of sp³-hybridized carbons (Fsp3) is 0.238. The largest absolute Gasteiger partial charge is 0.462 e. The molecule has 3 aromatic rings. The van der Waals surface area contributed by atoms with Gasteiger partial charge >= 0.3 is 5.97 Å². The van der Waals surface area contributed by atoms with Crippen LogP contribution in [-0.2, 0) is 16.1 Å². The number of nitrogens with two attached hydrogens (primary N) is 1. The Balaban J connectivity index is 1.78. The highest BCUT2D eigenvalue weighted by Gasteiger charge is 2.26. The normalized spacial score (nSPS) is 10.6. The molecule has 0 atom stereocenters. The number of amides is 2.